The van der Waals surface area contributed by atoms with Crippen LogP contribution in [0.1, 0.15) is 20.8 Å². The van der Waals surface area contributed by atoms with Crippen molar-refractivity contribution in [3.63, 3.8) is 0 Å². The molecule has 0 aromatic heterocycles. The van der Waals surface area contributed by atoms with Crippen LogP contribution in [0.25, 0.3) is 0 Å². The first-order chi connectivity index (χ1) is 8.82. The molecule has 1 aliphatic rings. The number of rotatable bonds is 4. The Hall–Kier alpha value is -1.89. The summed E-state index contributed by atoms with van der Waals surface area (Å²) in [4.78, 5) is 42.7. The van der Waals surface area contributed by atoms with Gasteiger partial charge in [0, 0.05) is 14.1 Å². The maximum Gasteiger partial charge on any atom is 0.333 e. The number of nitrogens with zero attached hydrogens (tertiary/aromatic N) is 2. The van der Waals surface area contributed by atoms with Gasteiger partial charge in [0.1, 0.15) is 5.57 Å². The van der Waals surface area contributed by atoms with Gasteiger partial charge in [-0.15, -0.1) is 0 Å². The number of likely N-dealkylation sites (N-methyl/N-ethyl adjacent to an activating group) is 2. The molecule has 1 heterocycles. The van der Waals surface area contributed by atoms with Crippen molar-refractivity contribution >= 4 is 17.8 Å². The molecule has 7 heteroatoms. The van der Waals surface area contributed by atoms with E-state index in [4.69, 9.17) is 4.84 Å². The highest BCUT2D eigenvalue weighted by Gasteiger charge is 2.40. The molecule has 0 aliphatic carbocycles. The van der Waals surface area contributed by atoms with Crippen molar-refractivity contribution in [3.05, 3.63) is 11.3 Å². The fourth-order valence-corrected chi connectivity index (χ4v) is 1.66. The number of hydrogen-bond acceptors (Lipinski definition) is 5. The number of urea groups is 1. The van der Waals surface area contributed by atoms with Crippen LogP contribution >= 0.6 is 0 Å². The monoisotopic (exact) mass is 269 g/mol. The number of carbonyl (C=O) groups is 3. The third-order valence-corrected chi connectivity index (χ3v) is 2.78. The SMILES string of the molecule is CCONC(=C1C(=O)N(C)C(=O)N(C)C1=O)C(C)C. The Morgan fingerprint density at radius 2 is 1.63 bits per heavy atom. The van der Waals surface area contributed by atoms with Crippen LogP contribution in [0.2, 0.25) is 0 Å². The second kappa shape index (κ2) is 5.83. The predicted molar refractivity (Wildman–Crippen MR) is 67.6 cm³/mol. The molecule has 0 bridgehead atoms. The van der Waals surface area contributed by atoms with Crippen molar-refractivity contribution in [1.82, 2.24) is 15.3 Å². The summed E-state index contributed by atoms with van der Waals surface area (Å²) in [6, 6.07) is -0.640. The first-order valence-electron chi connectivity index (χ1n) is 6.04. The average Bonchev–Trinajstić information content (AvgIpc) is 2.37. The Morgan fingerprint density at radius 3 is 2.00 bits per heavy atom. The van der Waals surface area contributed by atoms with Crippen molar-refractivity contribution < 1.29 is 19.2 Å². The van der Waals surface area contributed by atoms with Crippen molar-refractivity contribution in [2.24, 2.45) is 5.92 Å². The Labute approximate surface area is 112 Å². The third kappa shape index (κ3) is 2.76. The molecule has 7 nitrogen and oxygen atoms in total. The van der Waals surface area contributed by atoms with E-state index in [2.05, 4.69) is 5.48 Å². The maximum atomic E-state index is 12.1. The van der Waals surface area contributed by atoms with E-state index >= 15 is 0 Å². The summed E-state index contributed by atoms with van der Waals surface area (Å²) in [5.74, 6) is -1.36. The highest BCUT2D eigenvalue weighted by atomic mass is 16.6. The lowest BCUT2D eigenvalue weighted by atomic mass is 10.0. The van der Waals surface area contributed by atoms with Crippen molar-refractivity contribution in [3.8, 4) is 0 Å². The maximum absolute atomic E-state index is 12.1. The first kappa shape index (κ1) is 15.2. The normalized spacial score (nSPS) is 16.5. The number of amides is 4. The van der Waals surface area contributed by atoms with E-state index in [1.54, 1.807) is 6.92 Å². The third-order valence-electron chi connectivity index (χ3n) is 2.78. The van der Waals surface area contributed by atoms with Gasteiger partial charge in [0.15, 0.2) is 0 Å². The lowest BCUT2D eigenvalue weighted by Crippen LogP contribution is -2.54. The van der Waals surface area contributed by atoms with Gasteiger partial charge < -0.3 is 0 Å². The highest BCUT2D eigenvalue weighted by molar-refractivity contribution is 6.28. The fourth-order valence-electron chi connectivity index (χ4n) is 1.66. The largest absolute Gasteiger partial charge is 0.333 e. The van der Waals surface area contributed by atoms with Crippen LogP contribution in [0.5, 0.6) is 0 Å². The zero-order chi connectivity index (χ0) is 14.7. The van der Waals surface area contributed by atoms with Crippen LogP contribution in [-0.4, -0.2) is 48.3 Å². The van der Waals surface area contributed by atoms with E-state index in [9.17, 15) is 14.4 Å². The number of allylic oxidation sites excluding steroid dienone is 1. The van der Waals surface area contributed by atoms with E-state index in [0.717, 1.165) is 9.80 Å². The fraction of sp³-hybridized carbons (Fsp3) is 0.583. The van der Waals surface area contributed by atoms with E-state index < -0.39 is 17.8 Å². The Morgan fingerprint density at radius 1 is 1.16 bits per heavy atom. The summed E-state index contributed by atoms with van der Waals surface area (Å²) >= 11 is 0. The molecular weight excluding hydrogens is 250 g/mol. The average molecular weight is 269 g/mol. The van der Waals surface area contributed by atoms with Gasteiger partial charge in [0.05, 0.1) is 12.3 Å². The second-order valence-electron chi connectivity index (χ2n) is 4.49. The standard InChI is InChI=1S/C12H19N3O4/c1-6-19-13-9(7(2)3)8-10(16)14(4)12(18)15(5)11(8)17/h7,13H,6H2,1-5H3. The van der Waals surface area contributed by atoms with Crippen LogP contribution in [0.4, 0.5) is 4.79 Å². The first-order valence-corrected chi connectivity index (χ1v) is 6.04. The molecule has 0 unspecified atom stereocenters. The predicted octanol–water partition coefficient (Wildman–Crippen LogP) is 0.488. The molecule has 1 N–H and O–H groups in total. The van der Waals surface area contributed by atoms with Crippen LogP contribution in [0.15, 0.2) is 11.3 Å². The van der Waals surface area contributed by atoms with Crippen LogP contribution < -0.4 is 5.48 Å². The Kier molecular flexibility index (Phi) is 4.66. The number of carbonyl (C=O) groups excluding carboxylic acids is 3. The smallest absolute Gasteiger partial charge is 0.277 e. The van der Waals surface area contributed by atoms with Crippen molar-refractivity contribution in [2.75, 3.05) is 20.7 Å². The molecule has 19 heavy (non-hydrogen) atoms. The quantitative estimate of drug-likeness (QED) is 0.456. The van der Waals surface area contributed by atoms with E-state index in [1.807, 2.05) is 13.8 Å². The molecular formula is C12H19N3O4. The minimum atomic E-state index is -0.640. The summed E-state index contributed by atoms with van der Waals surface area (Å²) in [6.07, 6.45) is 0. The molecule has 0 aromatic rings. The summed E-state index contributed by atoms with van der Waals surface area (Å²) in [5, 5.41) is 0. The number of barbiturate groups is 1. The van der Waals surface area contributed by atoms with E-state index in [-0.39, 0.29) is 11.5 Å². The zero-order valence-electron chi connectivity index (χ0n) is 11.8. The van der Waals surface area contributed by atoms with Gasteiger partial charge >= 0.3 is 6.03 Å². The molecule has 0 atom stereocenters. The summed E-state index contributed by atoms with van der Waals surface area (Å²) in [6.45, 7) is 5.81. The van der Waals surface area contributed by atoms with Crippen LogP contribution in [0, 0.1) is 5.92 Å². The van der Waals surface area contributed by atoms with Gasteiger partial charge in [-0.2, -0.15) is 0 Å². The van der Waals surface area contributed by atoms with Gasteiger partial charge in [0.2, 0.25) is 0 Å². The van der Waals surface area contributed by atoms with Gasteiger partial charge in [-0.1, -0.05) is 13.8 Å². The molecule has 0 aromatic carbocycles. The van der Waals surface area contributed by atoms with Gasteiger partial charge in [0.25, 0.3) is 11.8 Å². The number of hydroxylamine groups is 1. The number of imide groups is 2. The van der Waals surface area contributed by atoms with Gasteiger partial charge in [-0.25, -0.2) is 4.79 Å². The van der Waals surface area contributed by atoms with Gasteiger partial charge in [-0.05, 0) is 12.8 Å². The highest BCUT2D eigenvalue weighted by Crippen LogP contribution is 2.21. The molecule has 4 amide bonds. The van der Waals surface area contributed by atoms with E-state index in [0.29, 0.717) is 12.3 Å². The molecule has 1 aliphatic heterocycles. The topological polar surface area (TPSA) is 79.0 Å². The number of hydrogen-bond donors (Lipinski definition) is 1. The molecule has 0 spiro atoms. The summed E-state index contributed by atoms with van der Waals surface area (Å²) in [7, 11) is 2.68. The van der Waals surface area contributed by atoms with Crippen molar-refractivity contribution in [2.45, 2.75) is 20.8 Å². The zero-order valence-corrected chi connectivity index (χ0v) is 11.8. The Bertz CT molecular complexity index is 416. The molecule has 1 saturated heterocycles. The molecule has 1 fully saturated rings. The second-order valence-corrected chi connectivity index (χ2v) is 4.49. The molecule has 1 rings (SSSR count). The Balaban J connectivity index is 3.28. The lowest BCUT2D eigenvalue weighted by molar-refractivity contribution is -0.134. The van der Waals surface area contributed by atoms with E-state index in [1.165, 1.54) is 14.1 Å². The van der Waals surface area contributed by atoms with Crippen LogP contribution in [0.3, 0.4) is 0 Å². The molecule has 106 valence electrons. The number of nitrogens with one attached hydrogen (secondary N) is 1. The van der Waals surface area contributed by atoms with Gasteiger partial charge in [-0.3, -0.25) is 29.7 Å². The minimum absolute atomic E-state index is 0.0620. The summed E-state index contributed by atoms with van der Waals surface area (Å²) < 4.78 is 0. The molecule has 0 radical (unpaired) electrons. The molecule has 0 saturated carbocycles. The lowest BCUT2D eigenvalue weighted by Gasteiger charge is -2.31. The van der Waals surface area contributed by atoms with Crippen LogP contribution in [-0.2, 0) is 14.4 Å². The summed E-state index contributed by atoms with van der Waals surface area (Å²) in [5.41, 5.74) is 2.94. The van der Waals surface area contributed by atoms with Crippen molar-refractivity contribution in [1.29, 1.82) is 0 Å². The minimum Gasteiger partial charge on any atom is -0.277 e.